The van der Waals surface area contributed by atoms with E-state index in [1.54, 1.807) is 32.5 Å². The van der Waals surface area contributed by atoms with Crippen molar-refractivity contribution in [3.8, 4) is 11.5 Å². The second kappa shape index (κ2) is 8.86. The Morgan fingerprint density at radius 3 is 2.47 bits per heavy atom. The normalized spacial score (nSPS) is 11.1. The Morgan fingerprint density at radius 1 is 0.941 bits per heavy atom. The lowest BCUT2D eigenvalue weighted by molar-refractivity contribution is 0.0955. The van der Waals surface area contributed by atoms with Gasteiger partial charge in [-0.25, -0.2) is 4.98 Å². The van der Waals surface area contributed by atoms with Gasteiger partial charge in [-0.05, 0) is 59.2 Å². The molecule has 0 aliphatic carbocycles. The molecule has 0 saturated carbocycles. The summed E-state index contributed by atoms with van der Waals surface area (Å²) >= 11 is 0. The molecule has 1 N–H and O–H groups in total. The van der Waals surface area contributed by atoms with Crippen molar-refractivity contribution in [3.05, 3.63) is 94.4 Å². The van der Waals surface area contributed by atoms with Gasteiger partial charge < -0.3 is 14.8 Å². The van der Waals surface area contributed by atoms with Gasteiger partial charge in [-0.2, -0.15) is 0 Å². The standard InChI is InChI=1S/C27H23N3O4/c1-33-23-10-9-17(14-24(23)34-2)11-12-28-26(31)20-8-5-13-30-25(20)29-22-16-19-7-4-3-6-18(19)15-21(22)27(30)32/h3-10,13-16H,11-12H2,1-2H3,(H,28,31). The first-order valence-corrected chi connectivity index (χ1v) is 10.9. The van der Waals surface area contributed by atoms with Crippen molar-refractivity contribution >= 4 is 33.2 Å². The number of carbonyl (C=O) groups excluding carboxylic acids is 1. The summed E-state index contributed by atoms with van der Waals surface area (Å²) < 4.78 is 12.0. The number of benzene rings is 3. The van der Waals surface area contributed by atoms with Crippen LogP contribution in [0.4, 0.5) is 0 Å². The van der Waals surface area contributed by atoms with Gasteiger partial charge in [-0.15, -0.1) is 0 Å². The molecule has 34 heavy (non-hydrogen) atoms. The molecule has 3 aromatic carbocycles. The Kier molecular flexibility index (Phi) is 5.59. The van der Waals surface area contributed by atoms with E-state index in [0.717, 1.165) is 16.3 Å². The average Bonchev–Trinajstić information content (AvgIpc) is 2.87. The van der Waals surface area contributed by atoms with Gasteiger partial charge in [0.2, 0.25) is 0 Å². The summed E-state index contributed by atoms with van der Waals surface area (Å²) in [4.78, 5) is 30.9. The molecule has 2 aromatic heterocycles. The molecule has 0 fully saturated rings. The van der Waals surface area contributed by atoms with Crippen LogP contribution in [0.2, 0.25) is 0 Å². The first-order chi connectivity index (χ1) is 16.6. The maximum atomic E-state index is 13.2. The van der Waals surface area contributed by atoms with E-state index in [-0.39, 0.29) is 11.5 Å². The minimum atomic E-state index is -0.286. The van der Waals surface area contributed by atoms with Crippen molar-refractivity contribution in [1.29, 1.82) is 0 Å². The molecular formula is C27H23N3O4. The van der Waals surface area contributed by atoms with Crippen LogP contribution in [0.25, 0.3) is 27.3 Å². The van der Waals surface area contributed by atoms with Gasteiger partial charge in [-0.3, -0.25) is 14.0 Å². The van der Waals surface area contributed by atoms with Crippen LogP contribution in [0, 0.1) is 0 Å². The molecule has 0 radical (unpaired) electrons. The van der Waals surface area contributed by atoms with Gasteiger partial charge in [0.1, 0.15) is 0 Å². The highest BCUT2D eigenvalue weighted by atomic mass is 16.5. The number of pyridine rings is 1. The number of amides is 1. The van der Waals surface area contributed by atoms with Gasteiger partial charge in [-0.1, -0.05) is 30.3 Å². The van der Waals surface area contributed by atoms with Crippen LogP contribution in [-0.2, 0) is 6.42 Å². The Bertz CT molecular complexity index is 1610. The molecule has 0 bridgehead atoms. The summed E-state index contributed by atoms with van der Waals surface area (Å²) in [7, 11) is 3.18. The molecule has 0 aliphatic heterocycles. The number of rotatable bonds is 6. The van der Waals surface area contributed by atoms with E-state index in [9.17, 15) is 9.59 Å². The van der Waals surface area contributed by atoms with Gasteiger partial charge in [0.05, 0.1) is 30.7 Å². The lowest BCUT2D eigenvalue weighted by Crippen LogP contribution is -2.27. The number of nitrogens with zero attached hydrogens (tertiary/aromatic N) is 2. The largest absolute Gasteiger partial charge is 0.493 e. The first-order valence-electron chi connectivity index (χ1n) is 10.9. The monoisotopic (exact) mass is 453 g/mol. The van der Waals surface area contributed by atoms with E-state index in [1.165, 1.54) is 4.40 Å². The third-order valence-electron chi connectivity index (χ3n) is 5.90. The van der Waals surface area contributed by atoms with Crippen LogP contribution in [0.1, 0.15) is 15.9 Å². The molecule has 0 saturated heterocycles. The van der Waals surface area contributed by atoms with Crippen LogP contribution >= 0.6 is 0 Å². The molecule has 7 heteroatoms. The van der Waals surface area contributed by atoms with E-state index < -0.39 is 0 Å². The molecule has 2 heterocycles. The zero-order chi connectivity index (χ0) is 23.7. The highest BCUT2D eigenvalue weighted by Crippen LogP contribution is 2.27. The van der Waals surface area contributed by atoms with Crippen molar-refractivity contribution in [2.24, 2.45) is 0 Å². The second-order valence-corrected chi connectivity index (χ2v) is 7.94. The van der Waals surface area contributed by atoms with Crippen LogP contribution in [0.15, 0.2) is 77.7 Å². The van der Waals surface area contributed by atoms with E-state index >= 15 is 0 Å². The zero-order valence-corrected chi connectivity index (χ0v) is 18.9. The highest BCUT2D eigenvalue weighted by molar-refractivity contribution is 6.02. The molecule has 7 nitrogen and oxygen atoms in total. The SMILES string of the molecule is COc1ccc(CCNC(=O)c2cccn3c(=O)c4cc5ccccc5cc4nc23)cc1OC. The Labute approximate surface area is 195 Å². The fourth-order valence-corrected chi connectivity index (χ4v) is 4.14. The van der Waals surface area contributed by atoms with Crippen LogP contribution in [-0.4, -0.2) is 36.1 Å². The minimum absolute atomic E-state index is 0.203. The Balaban J connectivity index is 1.44. The highest BCUT2D eigenvalue weighted by Gasteiger charge is 2.15. The Morgan fingerprint density at radius 2 is 1.71 bits per heavy atom. The summed E-state index contributed by atoms with van der Waals surface area (Å²) in [6, 6.07) is 20.6. The molecule has 5 aromatic rings. The van der Waals surface area contributed by atoms with E-state index in [2.05, 4.69) is 10.3 Å². The predicted octanol–water partition coefficient (Wildman–Crippen LogP) is 3.99. The van der Waals surface area contributed by atoms with Crippen molar-refractivity contribution in [3.63, 3.8) is 0 Å². The van der Waals surface area contributed by atoms with Gasteiger partial charge in [0, 0.05) is 12.7 Å². The van der Waals surface area contributed by atoms with Crippen molar-refractivity contribution < 1.29 is 14.3 Å². The molecular weight excluding hydrogens is 430 g/mol. The third-order valence-corrected chi connectivity index (χ3v) is 5.90. The number of hydrogen-bond donors (Lipinski definition) is 1. The lowest BCUT2D eigenvalue weighted by atomic mass is 10.1. The molecule has 0 atom stereocenters. The lowest BCUT2D eigenvalue weighted by Gasteiger charge is -2.11. The van der Waals surface area contributed by atoms with Gasteiger partial charge >= 0.3 is 0 Å². The van der Waals surface area contributed by atoms with Crippen LogP contribution < -0.4 is 20.3 Å². The molecule has 0 unspecified atom stereocenters. The second-order valence-electron chi connectivity index (χ2n) is 7.94. The minimum Gasteiger partial charge on any atom is -0.493 e. The molecule has 0 spiro atoms. The Hall–Kier alpha value is -4.39. The molecule has 1 amide bonds. The summed E-state index contributed by atoms with van der Waals surface area (Å²) in [5, 5.41) is 5.41. The first kappa shape index (κ1) is 21.5. The fourth-order valence-electron chi connectivity index (χ4n) is 4.14. The molecule has 5 rings (SSSR count). The van der Waals surface area contributed by atoms with E-state index in [1.807, 2.05) is 54.6 Å². The number of methoxy groups -OCH3 is 2. The van der Waals surface area contributed by atoms with E-state index in [0.29, 0.717) is 46.6 Å². The maximum absolute atomic E-state index is 13.2. The number of aromatic nitrogens is 2. The zero-order valence-electron chi connectivity index (χ0n) is 18.9. The summed E-state index contributed by atoms with van der Waals surface area (Å²) in [6.07, 6.45) is 2.25. The van der Waals surface area contributed by atoms with Crippen LogP contribution in [0.3, 0.4) is 0 Å². The maximum Gasteiger partial charge on any atom is 0.265 e. The van der Waals surface area contributed by atoms with Crippen LogP contribution in [0.5, 0.6) is 11.5 Å². The van der Waals surface area contributed by atoms with E-state index in [4.69, 9.17) is 9.47 Å². The average molecular weight is 453 g/mol. The number of nitrogens with one attached hydrogen (secondary N) is 1. The van der Waals surface area contributed by atoms with Gasteiger partial charge in [0.15, 0.2) is 17.1 Å². The third kappa shape index (κ3) is 3.81. The summed E-state index contributed by atoms with van der Waals surface area (Å²) in [6.45, 7) is 0.415. The predicted molar refractivity (Wildman–Crippen MR) is 132 cm³/mol. The van der Waals surface area contributed by atoms with Crippen molar-refractivity contribution in [2.75, 3.05) is 20.8 Å². The summed E-state index contributed by atoms with van der Waals surface area (Å²) in [5.74, 6) is 1.01. The quantitative estimate of drug-likeness (QED) is 0.393. The fraction of sp³-hybridized carbons (Fsp3) is 0.148. The number of carbonyl (C=O) groups is 1. The van der Waals surface area contributed by atoms with Crippen molar-refractivity contribution in [1.82, 2.24) is 14.7 Å². The molecule has 0 aliphatic rings. The van der Waals surface area contributed by atoms with Gasteiger partial charge in [0.25, 0.3) is 11.5 Å². The summed E-state index contributed by atoms with van der Waals surface area (Å²) in [5.41, 5.74) is 2.05. The number of ether oxygens (including phenoxy) is 2. The number of hydrogen-bond acceptors (Lipinski definition) is 5. The topological polar surface area (TPSA) is 81.9 Å². The molecule has 170 valence electrons. The van der Waals surface area contributed by atoms with Crippen molar-refractivity contribution in [2.45, 2.75) is 6.42 Å². The number of fused-ring (bicyclic) bond motifs is 3. The smallest absolute Gasteiger partial charge is 0.265 e.